The summed E-state index contributed by atoms with van der Waals surface area (Å²) in [5.74, 6) is 0.568. The van der Waals surface area contributed by atoms with Gasteiger partial charge in [-0.1, -0.05) is 0 Å². The summed E-state index contributed by atoms with van der Waals surface area (Å²) in [6.07, 6.45) is 4.99. The van der Waals surface area contributed by atoms with Gasteiger partial charge < -0.3 is 15.0 Å². The van der Waals surface area contributed by atoms with Gasteiger partial charge in [-0.05, 0) is 50.9 Å². The lowest BCUT2D eigenvalue weighted by molar-refractivity contribution is -0.0704. The molecule has 2 aromatic heterocycles. The number of fused-ring (bicyclic) bond motifs is 1. The van der Waals surface area contributed by atoms with Crippen molar-refractivity contribution in [3.63, 3.8) is 0 Å². The van der Waals surface area contributed by atoms with Crippen LogP contribution in [0.2, 0.25) is 0 Å². The van der Waals surface area contributed by atoms with E-state index in [4.69, 9.17) is 4.74 Å². The zero-order chi connectivity index (χ0) is 16.5. The van der Waals surface area contributed by atoms with Crippen LogP contribution in [0.3, 0.4) is 0 Å². The molecular weight excluding hydrogens is 300 g/mol. The monoisotopic (exact) mass is 328 g/mol. The number of hydrogen-bond acceptors (Lipinski definition) is 4. The fourth-order valence-electron chi connectivity index (χ4n) is 4.35. The lowest BCUT2D eigenvalue weighted by atomic mass is 9.93. The first-order valence-electron chi connectivity index (χ1n) is 9.24. The van der Waals surface area contributed by atoms with Crippen molar-refractivity contribution < 1.29 is 4.74 Å². The topological polar surface area (TPSA) is 53.2 Å². The summed E-state index contributed by atoms with van der Waals surface area (Å²) in [6, 6.07) is 4.26. The van der Waals surface area contributed by atoms with E-state index >= 15 is 0 Å². The molecule has 2 aromatic rings. The molecule has 24 heavy (non-hydrogen) atoms. The van der Waals surface area contributed by atoms with E-state index in [0.29, 0.717) is 18.1 Å². The highest BCUT2D eigenvalue weighted by molar-refractivity contribution is 5.81. The Morgan fingerprint density at radius 2 is 2.12 bits per heavy atom. The van der Waals surface area contributed by atoms with Crippen LogP contribution in [0.25, 0.3) is 11.0 Å². The highest BCUT2D eigenvalue weighted by atomic mass is 16.5. The summed E-state index contributed by atoms with van der Waals surface area (Å²) < 4.78 is 5.90. The van der Waals surface area contributed by atoms with Crippen LogP contribution in [0, 0.1) is 0 Å². The predicted molar refractivity (Wildman–Crippen MR) is 96.2 cm³/mol. The highest BCUT2D eigenvalue weighted by Crippen LogP contribution is 2.32. The van der Waals surface area contributed by atoms with Gasteiger partial charge in [0.25, 0.3) is 0 Å². The summed E-state index contributed by atoms with van der Waals surface area (Å²) in [4.78, 5) is 10.7. The Morgan fingerprint density at radius 1 is 1.29 bits per heavy atom. The van der Waals surface area contributed by atoms with Crippen molar-refractivity contribution in [1.82, 2.24) is 20.2 Å². The fraction of sp³-hybridized carbons (Fsp3) is 0.632. The molecule has 0 aromatic carbocycles. The van der Waals surface area contributed by atoms with Gasteiger partial charge in [0.05, 0.1) is 12.2 Å². The van der Waals surface area contributed by atoms with Crippen LogP contribution in [-0.4, -0.2) is 53.3 Å². The van der Waals surface area contributed by atoms with Crippen molar-refractivity contribution in [2.45, 2.75) is 51.4 Å². The first-order valence-corrected chi connectivity index (χ1v) is 9.24. The smallest absolute Gasteiger partial charge is 0.137 e. The first kappa shape index (κ1) is 16.1. The fourth-order valence-corrected chi connectivity index (χ4v) is 4.35. The second kappa shape index (κ2) is 6.82. The van der Waals surface area contributed by atoms with E-state index in [0.717, 1.165) is 38.4 Å². The summed E-state index contributed by atoms with van der Waals surface area (Å²) in [5.41, 5.74) is 3.86. The van der Waals surface area contributed by atoms with Gasteiger partial charge in [-0.25, -0.2) is 4.98 Å². The molecule has 0 amide bonds. The molecule has 2 saturated heterocycles. The molecule has 0 bridgehead atoms. The van der Waals surface area contributed by atoms with Gasteiger partial charge >= 0.3 is 0 Å². The van der Waals surface area contributed by atoms with Gasteiger partial charge in [0.2, 0.25) is 0 Å². The standard InChI is InChI=1S/C19H28N4O/c1-13-10-23(11-14(2)24-13)12-17-16-6-4-8-21-19(16)22-18(17)15-5-3-7-20-9-15/h4,6,8,13-15,20H,3,5,7,9-12H2,1-2H3,(H,21,22)/t13-,14+,15-/m1/s1. The average molecular weight is 328 g/mol. The van der Waals surface area contributed by atoms with E-state index in [1.165, 1.54) is 29.5 Å². The number of ether oxygens (including phenoxy) is 1. The molecule has 2 aliphatic rings. The van der Waals surface area contributed by atoms with Gasteiger partial charge in [-0.3, -0.25) is 4.90 Å². The predicted octanol–water partition coefficient (Wildman–Crippen LogP) is 2.64. The molecule has 3 atom stereocenters. The maximum Gasteiger partial charge on any atom is 0.137 e. The van der Waals surface area contributed by atoms with Crippen molar-refractivity contribution in [3.8, 4) is 0 Å². The Morgan fingerprint density at radius 3 is 2.88 bits per heavy atom. The van der Waals surface area contributed by atoms with Gasteiger partial charge in [0, 0.05) is 49.4 Å². The zero-order valence-corrected chi connectivity index (χ0v) is 14.7. The molecule has 2 aliphatic heterocycles. The van der Waals surface area contributed by atoms with Crippen LogP contribution in [0.5, 0.6) is 0 Å². The van der Waals surface area contributed by atoms with Crippen LogP contribution in [0.4, 0.5) is 0 Å². The quantitative estimate of drug-likeness (QED) is 0.909. The van der Waals surface area contributed by atoms with Crippen LogP contribution in [0.1, 0.15) is 43.9 Å². The Hall–Kier alpha value is -1.43. The van der Waals surface area contributed by atoms with E-state index in [1.54, 1.807) is 0 Å². The molecule has 4 heterocycles. The molecule has 5 heteroatoms. The third kappa shape index (κ3) is 3.21. The van der Waals surface area contributed by atoms with Gasteiger partial charge in [-0.15, -0.1) is 0 Å². The van der Waals surface area contributed by atoms with Crippen molar-refractivity contribution in [3.05, 3.63) is 29.6 Å². The third-order valence-corrected chi connectivity index (χ3v) is 5.29. The number of hydrogen-bond donors (Lipinski definition) is 2. The van der Waals surface area contributed by atoms with Gasteiger partial charge in [0.15, 0.2) is 0 Å². The number of pyridine rings is 1. The Kier molecular flexibility index (Phi) is 4.57. The average Bonchev–Trinajstić information content (AvgIpc) is 2.94. The number of nitrogens with one attached hydrogen (secondary N) is 2. The van der Waals surface area contributed by atoms with E-state index in [9.17, 15) is 0 Å². The number of nitrogens with zero attached hydrogens (tertiary/aromatic N) is 2. The molecule has 0 saturated carbocycles. The molecule has 4 rings (SSSR count). The van der Waals surface area contributed by atoms with E-state index < -0.39 is 0 Å². The number of piperidine rings is 1. The molecule has 2 fully saturated rings. The minimum Gasteiger partial charge on any atom is -0.373 e. The highest BCUT2D eigenvalue weighted by Gasteiger charge is 2.27. The van der Waals surface area contributed by atoms with E-state index in [2.05, 4.69) is 40.1 Å². The summed E-state index contributed by atoms with van der Waals surface area (Å²) in [5, 5.41) is 4.83. The summed E-state index contributed by atoms with van der Waals surface area (Å²) >= 11 is 0. The van der Waals surface area contributed by atoms with Gasteiger partial charge in [0.1, 0.15) is 5.65 Å². The second-order valence-electron chi connectivity index (χ2n) is 7.41. The Balaban J connectivity index is 1.67. The van der Waals surface area contributed by atoms with Crippen molar-refractivity contribution in [2.24, 2.45) is 0 Å². The molecule has 0 unspecified atom stereocenters. The van der Waals surface area contributed by atoms with Crippen molar-refractivity contribution in [2.75, 3.05) is 26.2 Å². The molecule has 0 radical (unpaired) electrons. The number of morpholine rings is 1. The van der Waals surface area contributed by atoms with Crippen LogP contribution < -0.4 is 5.32 Å². The van der Waals surface area contributed by atoms with Crippen molar-refractivity contribution >= 4 is 11.0 Å². The largest absolute Gasteiger partial charge is 0.373 e. The number of H-pyrrole nitrogens is 1. The molecular formula is C19H28N4O. The molecule has 5 nitrogen and oxygen atoms in total. The summed E-state index contributed by atoms with van der Waals surface area (Å²) in [6.45, 7) is 9.53. The maximum absolute atomic E-state index is 5.90. The van der Waals surface area contributed by atoms with Crippen LogP contribution in [0.15, 0.2) is 18.3 Å². The molecule has 0 spiro atoms. The van der Waals surface area contributed by atoms with E-state index in [-0.39, 0.29) is 0 Å². The Labute approximate surface area is 143 Å². The first-order chi connectivity index (χ1) is 11.7. The molecule has 2 N–H and O–H groups in total. The second-order valence-corrected chi connectivity index (χ2v) is 7.41. The van der Waals surface area contributed by atoms with Crippen LogP contribution >= 0.6 is 0 Å². The lowest BCUT2D eigenvalue weighted by Crippen LogP contribution is -2.45. The van der Waals surface area contributed by atoms with Gasteiger partial charge in [-0.2, -0.15) is 0 Å². The number of aromatic nitrogens is 2. The maximum atomic E-state index is 5.90. The van der Waals surface area contributed by atoms with E-state index in [1.807, 2.05) is 12.3 Å². The zero-order valence-electron chi connectivity index (χ0n) is 14.7. The third-order valence-electron chi connectivity index (χ3n) is 5.29. The lowest BCUT2D eigenvalue weighted by Gasteiger charge is -2.35. The Bertz CT molecular complexity index is 682. The number of rotatable bonds is 3. The minimum atomic E-state index is 0.303. The normalized spacial score (nSPS) is 29.2. The summed E-state index contributed by atoms with van der Waals surface area (Å²) in [7, 11) is 0. The number of aromatic amines is 1. The van der Waals surface area contributed by atoms with Crippen molar-refractivity contribution in [1.29, 1.82) is 0 Å². The van der Waals surface area contributed by atoms with Crippen LogP contribution in [-0.2, 0) is 11.3 Å². The molecule has 130 valence electrons. The molecule has 0 aliphatic carbocycles. The SMILES string of the molecule is C[C@@H]1CN(Cc2c([C@@H]3CCCNC3)[nH]c3ncccc23)C[C@H](C)O1. The minimum absolute atomic E-state index is 0.303.